The highest BCUT2D eigenvalue weighted by Crippen LogP contribution is 2.35. The smallest absolute Gasteiger partial charge is 0.204 e. The molecule has 2 fully saturated rings. The SMILES string of the molecule is O=C(CCCN1CCOCC1)c1cccc(-c2csc3c(=O)cc(N4CCOCC4)oc23)c1. The van der Waals surface area contributed by atoms with Crippen molar-refractivity contribution in [2.24, 2.45) is 0 Å². The molecule has 0 N–H and O–H groups in total. The van der Waals surface area contributed by atoms with E-state index in [1.165, 1.54) is 11.3 Å². The number of anilines is 1. The number of rotatable bonds is 7. The summed E-state index contributed by atoms with van der Waals surface area (Å²) in [4.78, 5) is 30.0. The fraction of sp³-hybridized carbons (Fsp3) is 0.440. The third-order valence-corrected chi connectivity index (χ3v) is 7.21. The van der Waals surface area contributed by atoms with Gasteiger partial charge in [0.2, 0.25) is 5.43 Å². The van der Waals surface area contributed by atoms with Gasteiger partial charge in [0.1, 0.15) is 4.70 Å². The minimum atomic E-state index is -0.0377. The largest absolute Gasteiger partial charge is 0.439 e. The molecule has 1 aromatic carbocycles. The fourth-order valence-corrected chi connectivity index (χ4v) is 5.27. The molecule has 2 aliphatic rings. The zero-order valence-electron chi connectivity index (χ0n) is 18.6. The average Bonchev–Trinajstić information content (AvgIpc) is 3.30. The number of carbonyl (C=O) groups is 1. The highest BCUT2D eigenvalue weighted by atomic mass is 32.1. The first-order valence-electron chi connectivity index (χ1n) is 11.5. The lowest BCUT2D eigenvalue weighted by Crippen LogP contribution is -2.36. The van der Waals surface area contributed by atoms with Crippen LogP contribution in [0.25, 0.3) is 21.4 Å². The number of nitrogens with zero attached hydrogens (tertiary/aromatic N) is 2. The highest BCUT2D eigenvalue weighted by molar-refractivity contribution is 7.17. The molecule has 2 aromatic heterocycles. The lowest BCUT2D eigenvalue weighted by molar-refractivity contribution is 0.0371. The first kappa shape index (κ1) is 22.3. The molecule has 0 atom stereocenters. The molecule has 5 rings (SSSR count). The minimum Gasteiger partial charge on any atom is -0.439 e. The summed E-state index contributed by atoms with van der Waals surface area (Å²) in [5.74, 6) is 0.714. The van der Waals surface area contributed by atoms with E-state index in [-0.39, 0.29) is 11.2 Å². The van der Waals surface area contributed by atoms with E-state index in [1.54, 1.807) is 6.07 Å². The summed E-state index contributed by atoms with van der Waals surface area (Å²) in [5.41, 5.74) is 2.99. The number of Topliss-reactive ketones (excluding diaryl/α,β-unsaturated/α-hetero) is 1. The predicted molar refractivity (Wildman–Crippen MR) is 130 cm³/mol. The Hall–Kier alpha value is -2.52. The molecule has 0 unspecified atom stereocenters. The van der Waals surface area contributed by atoms with Gasteiger partial charge in [-0.2, -0.15) is 0 Å². The van der Waals surface area contributed by atoms with Crippen molar-refractivity contribution in [3.05, 3.63) is 51.5 Å². The quantitative estimate of drug-likeness (QED) is 0.490. The third kappa shape index (κ3) is 5.04. The average molecular weight is 469 g/mol. The molecule has 3 aromatic rings. The van der Waals surface area contributed by atoms with Crippen molar-refractivity contribution in [1.82, 2.24) is 4.90 Å². The van der Waals surface area contributed by atoms with Crippen LogP contribution in [-0.4, -0.2) is 69.8 Å². The van der Waals surface area contributed by atoms with Gasteiger partial charge in [0, 0.05) is 55.2 Å². The van der Waals surface area contributed by atoms with Crippen LogP contribution in [0.4, 0.5) is 5.88 Å². The van der Waals surface area contributed by atoms with Gasteiger partial charge in [0.25, 0.3) is 0 Å². The topological polar surface area (TPSA) is 72.2 Å². The molecule has 7 nitrogen and oxygen atoms in total. The molecule has 2 aliphatic heterocycles. The Morgan fingerprint density at radius 2 is 1.76 bits per heavy atom. The molecule has 174 valence electrons. The van der Waals surface area contributed by atoms with Crippen LogP contribution in [0.1, 0.15) is 23.2 Å². The van der Waals surface area contributed by atoms with Gasteiger partial charge in [0.05, 0.1) is 26.4 Å². The Bertz CT molecular complexity index is 1170. The van der Waals surface area contributed by atoms with Gasteiger partial charge in [-0.15, -0.1) is 11.3 Å². The van der Waals surface area contributed by atoms with Crippen molar-refractivity contribution in [3.63, 3.8) is 0 Å². The third-order valence-electron chi connectivity index (χ3n) is 6.23. The van der Waals surface area contributed by atoms with Crippen LogP contribution in [-0.2, 0) is 9.47 Å². The number of hydrogen-bond acceptors (Lipinski definition) is 8. The number of ether oxygens (including phenoxy) is 2. The van der Waals surface area contributed by atoms with Crippen LogP contribution in [0.2, 0.25) is 0 Å². The van der Waals surface area contributed by atoms with Crippen LogP contribution in [0, 0.1) is 0 Å². The molecule has 0 saturated carbocycles. The fourth-order valence-electron chi connectivity index (χ4n) is 4.36. The summed E-state index contributed by atoms with van der Waals surface area (Å²) in [5, 5.41) is 1.95. The standard InChI is InChI=1S/C25H28N2O5S/c28-21(5-2-6-26-7-11-30-12-8-26)19-4-1-3-18(15-19)20-17-33-25-22(29)16-23(32-24(20)25)27-9-13-31-14-10-27/h1,3-4,15-17H,2,5-14H2. The first-order valence-corrected chi connectivity index (χ1v) is 12.4. The number of ketones is 1. The zero-order chi connectivity index (χ0) is 22.6. The van der Waals surface area contributed by atoms with Gasteiger partial charge in [-0.3, -0.25) is 14.5 Å². The number of hydrogen-bond donors (Lipinski definition) is 0. The molecular weight excluding hydrogens is 440 g/mol. The molecule has 0 spiro atoms. The predicted octanol–water partition coefficient (Wildman–Crippen LogP) is 3.65. The van der Waals surface area contributed by atoms with E-state index in [0.29, 0.717) is 54.5 Å². The summed E-state index contributed by atoms with van der Waals surface area (Å²) < 4.78 is 17.6. The summed E-state index contributed by atoms with van der Waals surface area (Å²) in [6.45, 7) is 6.97. The Kier molecular flexibility index (Phi) is 6.87. The van der Waals surface area contributed by atoms with Crippen molar-refractivity contribution >= 4 is 33.3 Å². The Labute approximate surface area is 196 Å². The second kappa shape index (κ2) is 10.2. The van der Waals surface area contributed by atoms with E-state index >= 15 is 0 Å². The molecule has 0 amide bonds. The molecule has 0 bridgehead atoms. The van der Waals surface area contributed by atoms with Crippen LogP contribution in [0.5, 0.6) is 0 Å². The van der Waals surface area contributed by atoms with Crippen LogP contribution >= 0.6 is 11.3 Å². The Balaban J connectivity index is 1.35. The maximum atomic E-state index is 12.9. The summed E-state index contributed by atoms with van der Waals surface area (Å²) in [6.07, 6.45) is 1.35. The second-order valence-electron chi connectivity index (χ2n) is 8.42. The lowest BCUT2D eigenvalue weighted by atomic mass is 10.0. The molecule has 0 radical (unpaired) electrons. The van der Waals surface area contributed by atoms with Crippen LogP contribution < -0.4 is 10.3 Å². The van der Waals surface area contributed by atoms with E-state index in [4.69, 9.17) is 13.9 Å². The van der Waals surface area contributed by atoms with Gasteiger partial charge >= 0.3 is 0 Å². The molecule has 33 heavy (non-hydrogen) atoms. The highest BCUT2D eigenvalue weighted by Gasteiger charge is 2.19. The summed E-state index contributed by atoms with van der Waals surface area (Å²) >= 11 is 1.38. The zero-order valence-corrected chi connectivity index (χ0v) is 19.4. The van der Waals surface area contributed by atoms with E-state index in [9.17, 15) is 9.59 Å². The van der Waals surface area contributed by atoms with Gasteiger partial charge in [-0.1, -0.05) is 18.2 Å². The van der Waals surface area contributed by atoms with Gasteiger partial charge < -0.3 is 18.8 Å². The van der Waals surface area contributed by atoms with Crippen LogP contribution in [0.15, 0.2) is 44.9 Å². The van der Waals surface area contributed by atoms with Gasteiger partial charge in [0.15, 0.2) is 17.3 Å². The maximum Gasteiger partial charge on any atom is 0.204 e. The first-order chi connectivity index (χ1) is 16.2. The van der Waals surface area contributed by atoms with E-state index in [0.717, 1.165) is 50.4 Å². The van der Waals surface area contributed by atoms with Gasteiger partial charge in [-0.05, 0) is 24.6 Å². The van der Waals surface area contributed by atoms with Crippen molar-refractivity contribution in [3.8, 4) is 11.1 Å². The molecule has 8 heteroatoms. The van der Waals surface area contributed by atoms with E-state index < -0.39 is 0 Å². The van der Waals surface area contributed by atoms with Crippen molar-refractivity contribution < 1.29 is 18.7 Å². The monoisotopic (exact) mass is 468 g/mol. The number of benzene rings is 1. The number of morpholine rings is 2. The maximum absolute atomic E-state index is 12.9. The Morgan fingerprint density at radius 1 is 1.00 bits per heavy atom. The lowest BCUT2D eigenvalue weighted by Gasteiger charge is -2.27. The van der Waals surface area contributed by atoms with Crippen molar-refractivity contribution in [1.29, 1.82) is 0 Å². The summed E-state index contributed by atoms with van der Waals surface area (Å²) in [7, 11) is 0. The minimum absolute atomic E-state index is 0.0377. The number of thiophene rings is 1. The summed E-state index contributed by atoms with van der Waals surface area (Å²) in [6, 6.07) is 9.22. The molecular formula is C25H28N2O5S. The second-order valence-corrected chi connectivity index (χ2v) is 9.30. The molecule has 0 aliphatic carbocycles. The Morgan fingerprint density at radius 3 is 2.55 bits per heavy atom. The molecule has 4 heterocycles. The number of carbonyl (C=O) groups excluding carboxylic acids is 1. The van der Waals surface area contributed by atoms with E-state index in [1.807, 2.05) is 34.5 Å². The number of fused-ring (bicyclic) bond motifs is 1. The molecule has 2 saturated heterocycles. The normalized spacial score (nSPS) is 17.5. The van der Waals surface area contributed by atoms with Crippen molar-refractivity contribution in [2.45, 2.75) is 12.8 Å². The van der Waals surface area contributed by atoms with Crippen molar-refractivity contribution in [2.75, 3.05) is 64.1 Å². The van der Waals surface area contributed by atoms with E-state index in [2.05, 4.69) is 4.90 Å². The van der Waals surface area contributed by atoms with Crippen LogP contribution in [0.3, 0.4) is 0 Å². The van der Waals surface area contributed by atoms with Gasteiger partial charge in [-0.25, -0.2) is 0 Å².